The van der Waals surface area contributed by atoms with Gasteiger partial charge >= 0.3 is 13.2 Å². The van der Waals surface area contributed by atoms with Crippen LogP contribution in [-0.2, 0) is 14.0 Å². The van der Waals surface area contributed by atoms with Crippen molar-refractivity contribution in [2.75, 3.05) is 13.2 Å². The zero-order chi connectivity index (χ0) is 27.1. The number of carbonyl (C=O) groups excluding carboxylic acids is 1. The average molecular weight is 534 g/mol. The van der Waals surface area contributed by atoms with Crippen molar-refractivity contribution in [3.05, 3.63) is 99.7 Å². The Balaban J connectivity index is 1.30. The molecule has 0 radical (unpaired) electrons. The first-order valence-electron chi connectivity index (χ1n) is 12.7. The lowest BCUT2D eigenvalue weighted by Gasteiger charge is -2.32. The monoisotopic (exact) mass is 533 g/mol. The minimum absolute atomic E-state index is 0.0381. The van der Waals surface area contributed by atoms with Gasteiger partial charge in [-0.25, -0.2) is 9.18 Å². The molecule has 0 atom stereocenters. The van der Waals surface area contributed by atoms with Crippen molar-refractivity contribution in [1.29, 1.82) is 0 Å². The van der Waals surface area contributed by atoms with Gasteiger partial charge in [0.05, 0.1) is 16.2 Å². The highest BCUT2D eigenvalue weighted by atomic mass is 35.5. The summed E-state index contributed by atoms with van der Waals surface area (Å²) in [4.78, 5) is 12.8. The number of carbonyl (C=O) groups is 1. The Morgan fingerprint density at radius 1 is 1.00 bits per heavy atom. The summed E-state index contributed by atoms with van der Waals surface area (Å²) in [6.07, 6.45) is 1.18. The Kier molecular flexibility index (Phi) is 7.12. The lowest BCUT2D eigenvalue weighted by atomic mass is 9.77. The van der Waals surface area contributed by atoms with Crippen LogP contribution in [0.3, 0.4) is 0 Å². The van der Waals surface area contributed by atoms with Crippen LogP contribution in [0, 0.1) is 5.82 Å². The summed E-state index contributed by atoms with van der Waals surface area (Å²) in [5, 5.41) is 2.86. The second-order valence-electron chi connectivity index (χ2n) is 10.7. The first-order chi connectivity index (χ1) is 18.1. The number of alkyl carbamates (subject to hydrolysis) is 1. The van der Waals surface area contributed by atoms with E-state index in [0.29, 0.717) is 11.0 Å². The van der Waals surface area contributed by atoms with Crippen molar-refractivity contribution in [3.63, 3.8) is 0 Å². The van der Waals surface area contributed by atoms with Crippen LogP contribution in [0.1, 0.15) is 50.3 Å². The van der Waals surface area contributed by atoms with Gasteiger partial charge in [-0.05, 0) is 73.1 Å². The van der Waals surface area contributed by atoms with E-state index in [2.05, 4.69) is 29.6 Å². The maximum atomic E-state index is 14.1. The number of halogens is 2. The number of benzene rings is 3. The summed E-state index contributed by atoms with van der Waals surface area (Å²) in [7, 11) is -0.729. The van der Waals surface area contributed by atoms with Gasteiger partial charge in [0.15, 0.2) is 0 Å². The number of hydrogen-bond acceptors (Lipinski definition) is 4. The minimum atomic E-state index is -0.729. The molecule has 3 aromatic rings. The lowest BCUT2D eigenvalue weighted by Crippen LogP contribution is -2.41. The van der Waals surface area contributed by atoms with E-state index < -0.39 is 30.2 Å². The van der Waals surface area contributed by atoms with Crippen molar-refractivity contribution < 1.29 is 23.2 Å². The Morgan fingerprint density at radius 2 is 1.58 bits per heavy atom. The van der Waals surface area contributed by atoms with Crippen LogP contribution in [0.5, 0.6) is 0 Å². The van der Waals surface area contributed by atoms with E-state index in [4.69, 9.17) is 25.6 Å². The Bertz CT molecular complexity index is 1350. The van der Waals surface area contributed by atoms with E-state index in [9.17, 15) is 9.18 Å². The van der Waals surface area contributed by atoms with E-state index in [-0.39, 0.29) is 24.1 Å². The molecule has 1 aliphatic carbocycles. The van der Waals surface area contributed by atoms with E-state index in [0.717, 1.165) is 11.1 Å². The van der Waals surface area contributed by atoms with Crippen molar-refractivity contribution in [1.82, 2.24) is 5.32 Å². The Morgan fingerprint density at radius 3 is 2.16 bits per heavy atom. The van der Waals surface area contributed by atoms with Crippen molar-refractivity contribution in [2.45, 2.75) is 44.8 Å². The maximum absolute atomic E-state index is 14.1. The average Bonchev–Trinajstić information content (AvgIpc) is 3.31. The van der Waals surface area contributed by atoms with Crippen molar-refractivity contribution in [2.24, 2.45) is 0 Å². The van der Waals surface area contributed by atoms with Gasteiger partial charge in [0.1, 0.15) is 12.4 Å². The summed E-state index contributed by atoms with van der Waals surface area (Å²) in [6, 6.07) is 20.9. The molecule has 0 unspecified atom stereocenters. The van der Waals surface area contributed by atoms with Crippen LogP contribution in [0.2, 0.25) is 5.02 Å². The van der Waals surface area contributed by atoms with Crippen molar-refractivity contribution in [3.8, 4) is 11.1 Å². The fraction of sp³-hybridized carbons (Fsp3) is 0.300. The highest BCUT2D eigenvalue weighted by molar-refractivity contribution is 6.56. The molecule has 0 spiro atoms. The molecule has 1 saturated heterocycles. The fourth-order valence-corrected chi connectivity index (χ4v) is 4.95. The zero-order valence-electron chi connectivity index (χ0n) is 21.9. The third-order valence-electron chi connectivity index (χ3n) is 7.63. The number of ether oxygens (including phenoxy) is 1. The standard InChI is InChI=1S/C30H30BClFNO4/c1-29(2)30(3,4)38-31(37-29)20(15-19-13-14-26(32)27(33)16-19)17-34-28(35)36-18-25-23-11-7-5-9-21(23)22-10-6-8-12-24(22)25/h5-16,25H,17-18H2,1-4H3,(H,34,35). The highest BCUT2D eigenvalue weighted by Crippen LogP contribution is 2.44. The number of amides is 1. The van der Waals surface area contributed by atoms with E-state index >= 15 is 0 Å². The lowest BCUT2D eigenvalue weighted by molar-refractivity contribution is 0.00578. The molecule has 5 nitrogen and oxygen atoms in total. The summed E-state index contributed by atoms with van der Waals surface area (Å²) in [5.74, 6) is -0.568. The van der Waals surface area contributed by atoms with Gasteiger partial charge in [-0.2, -0.15) is 0 Å². The van der Waals surface area contributed by atoms with Gasteiger partial charge in [-0.15, -0.1) is 0 Å². The summed E-state index contributed by atoms with van der Waals surface area (Å²) in [5.41, 5.74) is 4.66. The van der Waals surface area contributed by atoms with E-state index in [1.807, 2.05) is 52.0 Å². The molecular formula is C30H30BClFNO4. The van der Waals surface area contributed by atoms with Crippen LogP contribution in [0.4, 0.5) is 9.18 Å². The topological polar surface area (TPSA) is 56.8 Å². The summed E-state index contributed by atoms with van der Waals surface area (Å²) >= 11 is 5.85. The quantitative estimate of drug-likeness (QED) is 0.346. The summed E-state index contributed by atoms with van der Waals surface area (Å²) in [6.45, 7) is 8.10. The SMILES string of the molecule is CC1(C)OB(C(=Cc2ccc(Cl)c(F)c2)CNC(=O)OCC2c3ccccc3-c3ccccc32)OC1(C)C. The van der Waals surface area contributed by atoms with Crippen LogP contribution in [-0.4, -0.2) is 37.6 Å². The molecule has 1 heterocycles. The first kappa shape index (κ1) is 26.5. The minimum Gasteiger partial charge on any atom is -0.449 e. The Labute approximate surface area is 228 Å². The third-order valence-corrected chi connectivity index (χ3v) is 7.94. The predicted molar refractivity (Wildman–Crippen MR) is 149 cm³/mol. The molecule has 1 fully saturated rings. The van der Waals surface area contributed by atoms with Gasteiger partial charge in [0.25, 0.3) is 0 Å². The second kappa shape index (κ2) is 10.2. The molecule has 1 N–H and O–H groups in total. The Hall–Kier alpha value is -3.13. The molecule has 8 heteroatoms. The molecule has 1 aliphatic heterocycles. The van der Waals surface area contributed by atoms with Crippen molar-refractivity contribution >= 4 is 30.9 Å². The molecule has 196 valence electrons. The van der Waals surface area contributed by atoms with Gasteiger partial charge in [0, 0.05) is 12.5 Å². The van der Waals surface area contributed by atoms with E-state index in [1.54, 1.807) is 12.1 Å². The molecule has 2 aliphatic rings. The van der Waals surface area contributed by atoms with Crippen LogP contribution in [0.25, 0.3) is 17.2 Å². The summed E-state index contributed by atoms with van der Waals surface area (Å²) < 4.78 is 32.2. The number of fused-ring (bicyclic) bond motifs is 3. The second-order valence-corrected chi connectivity index (χ2v) is 11.1. The first-order valence-corrected chi connectivity index (χ1v) is 13.0. The molecule has 3 aromatic carbocycles. The third kappa shape index (κ3) is 5.11. The highest BCUT2D eigenvalue weighted by Gasteiger charge is 2.52. The molecular weight excluding hydrogens is 504 g/mol. The normalized spacial score (nSPS) is 17.7. The number of rotatable bonds is 6. The number of nitrogens with one attached hydrogen (secondary N) is 1. The predicted octanol–water partition coefficient (Wildman–Crippen LogP) is 7.03. The van der Waals surface area contributed by atoms with Gasteiger partial charge in [0.2, 0.25) is 0 Å². The molecule has 0 saturated carbocycles. The largest absolute Gasteiger partial charge is 0.492 e. The molecule has 38 heavy (non-hydrogen) atoms. The van der Waals surface area contributed by atoms with Gasteiger partial charge in [-0.1, -0.05) is 72.3 Å². The van der Waals surface area contributed by atoms with Gasteiger partial charge < -0.3 is 19.4 Å². The fourth-order valence-electron chi connectivity index (χ4n) is 4.84. The van der Waals surface area contributed by atoms with E-state index in [1.165, 1.54) is 23.3 Å². The molecule has 5 rings (SSSR count). The van der Waals surface area contributed by atoms with Gasteiger partial charge in [-0.3, -0.25) is 0 Å². The number of hydrogen-bond donors (Lipinski definition) is 1. The molecule has 1 amide bonds. The smallest absolute Gasteiger partial charge is 0.449 e. The van der Waals surface area contributed by atoms with Crippen LogP contribution < -0.4 is 5.32 Å². The zero-order valence-corrected chi connectivity index (χ0v) is 22.6. The maximum Gasteiger partial charge on any atom is 0.492 e. The molecule has 0 bridgehead atoms. The van der Waals surface area contributed by atoms with Crippen LogP contribution in [0.15, 0.2) is 72.2 Å². The molecule has 0 aromatic heterocycles. The van der Waals surface area contributed by atoms with Crippen LogP contribution >= 0.6 is 11.6 Å².